The van der Waals surface area contributed by atoms with Crippen molar-refractivity contribution >= 4 is 33.9 Å². The van der Waals surface area contributed by atoms with E-state index >= 15 is 0 Å². The van der Waals surface area contributed by atoms with E-state index in [0.717, 1.165) is 19.3 Å². The summed E-state index contributed by atoms with van der Waals surface area (Å²) in [7, 11) is 0. The predicted molar refractivity (Wildman–Crippen MR) is 106 cm³/mol. The molecule has 1 fully saturated rings. The Hall–Kier alpha value is -2.34. The molecule has 2 heterocycles. The fraction of sp³-hybridized carbons (Fsp3) is 0.333. The van der Waals surface area contributed by atoms with Crippen molar-refractivity contribution in [2.24, 2.45) is 5.92 Å². The van der Waals surface area contributed by atoms with Crippen LogP contribution in [-0.2, 0) is 20.7 Å². The zero-order chi connectivity index (χ0) is 19.1. The lowest BCUT2D eigenvalue weighted by Gasteiger charge is -2.32. The summed E-state index contributed by atoms with van der Waals surface area (Å²) >= 11 is 3.19. The largest absolute Gasteiger partial charge is 0.452 e. The van der Waals surface area contributed by atoms with Gasteiger partial charge in [0, 0.05) is 19.2 Å². The molecule has 0 radical (unpaired) electrons. The van der Waals surface area contributed by atoms with Crippen LogP contribution >= 0.6 is 15.9 Å². The van der Waals surface area contributed by atoms with Gasteiger partial charge in [-0.15, -0.1) is 0 Å². The number of rotatable bonds is 6. The zero-order valence-electron chi connectivity index (χ0n) is 15.0. The lowest BCUT2D eigenvalue weighted by Crippen LogP contribution is -2.41. The van der Waals surface area contributed by atoms with Crippen molar-refractivity contribution in [1.82, 2.24) is 4.90 Å². The number of furan rings is 1. The van der Waals surface area contributed by atoms with Gasteiger partial charge >= 0.3 is 5.97 Å². The number of hydrogen-bond donors (Lipinski definition) is 0. The van der Waals surface area contributed by atoms with Gasteiger partial charge in [0.05, 0.1) is 0 Å². The molecule has 0 aliphatic carbocycles. The van der Waals surface area contributed by atoms with Crippen LogP contribution in [0.4, 0.5) is 0 Å². The molecule has 0 bridgehead atoms. The van der Waals surface area contributed by atoms with Crippen LogP contribution in [0.25, 0.3) is 6.08 Å². The summed E-state index contributed by atoms with van der Waals surface area (Å²) in [5, 5.41) is 0. The monoisotopic (exact) mass is 431 g/mol. The molecule has 3 rings (SSSR count). The second-order valence-electron chi connectivity index (χ2n) is 6.60. The van der Waals surface area contributed by atoms with Crippen LogP contribution in [0.1, 0.15) is 24.2 Å². The Morgan fingerprint density at radius 3 is 2.56 bits per heavy atom. The van der Waals surface area contributed by atoms with Crippen LogP contribution in [0.5, 0.6) is 0 Å². The van der Waals surface area contributed by atoms with Gasteiger partial charge in [-0.05, 0) is 64.9 Å². The molecule has 1 saturated heterocycles. The summed E-state index contributed by atoms with van der Waals surface area (Å²) in [5.41, 5.74) is 1.34. The van der Waals surface area contributed by atoms with Crippen molar-refractivity contribution in [2.45, 2.75) is 19.3 Å². The Morgan fingerprint density at radius 2 is 1.89 bits per heavy atom. The minimum absolute atomic E-state index is 0.143. The van der Waals surface area contributed by atoms with Gasteiger partial charge in [-0.2, -0.15) is 0 Å². The number of ether oxygens (including phenoxy) is 1. The quantitative estimate of drug-likeness (QED) is 0.510. The first-order valence-corrected chi connectivity index (χ1v) is 9.81. The fourth-order valence-electron chi connectivity index (χ4n) is 3.17. The van der Waals surface area contributed by atoms with Crippen LogP contribution in [0.2, 0.25) is 0 Å². The smallest absolute Gasteiger partial charge is 0.331 e. The van der Waals surface area contributed by atoms with E-state index in [-0.39, 0.29) is 12.5 Å². The first kappa shape index (κ1) is 19.4. The van der Waals surface area contributed by atoms with Crippen molar-refractivity contribution in [3.63, 3.8) is 0 Å². The number of piperidine rings is 1. The Bertz CT molecular complexity index is 792. The third kappa shape index (κ3) is 6.10. The molecule has 2 aromatic rings. The van der Waals surface area contributed by atoms with E-state index < -0.39 is 5.97 Å². The lowest BCUT2D eigenvalue weighted by molar-refractivity contribution is -0.148. The highest BCUT2D eigenvalue weighted by Crippen LogP contribution is 2.21. The number of halogens is 1. The summed E-state index contributed by atoms with van der Waals surface area (Å²) in [4.78, 5) is 25.8. The molecule has 0 unspecified atom stereocenters. The van der Waals surface area contributed by atoms with Gasteiger partial charge in [0.2, 0.25) is 0 Å². The Kier molecular flexibility index (Phi) is 6.87. The molecule has 1 aromatic carbocycles. The van der Waals surface area contributed by atoms with Crippen molar-refractivity contribution in [3.05, 3.63) is 64.5 Å². The molecule has 0 atom stereocenters. The molecular weight excluding hydrogens is 410 g/mol. The first-order valence-electron chi connectivity index (χ1n) is 9.02. The Labute approximate surface area is 167 Å². The number of carbonyl (C=O) groups excluding carboxylic acids is 2. The number of hydrogen-bond acceptors (Lipinski definition) is 4. The van der Waals surface area contributed by atoms with Gasteiger partial charge in [-0.1, -0.05) is 30.3 Å². The SMILES string of the molecule is O=C(/C=C/c1ccc(Br)o1)OCC(=O)N1CCC(Cc2ccccc2)CC1. The van der Waals surface area contributed by atoms with Crippen LogP contribution in [0.3, 0.4) is 0 Å². The molecule has 27 heavy (non-hydrogen) atoms. The molecule has 0 spiro atoms. The van der Waals surface area contributed by atoms with Gasteiger partial charge in [0.1, 0.15) is 5.76 Å². The normalized spacial score (nSPS) is 15.2. The van der Waals surface area contributed by atoms with E-state index in [1.54, 1.807) is 17.0 Å². The molecule has 1 aliphatic heterocycles. The second kappa shape index (κ2) is 9.55. The summed E-state index contributed by atoms with van der Waals surface area (Å²) in [5.74, 6) is 0.422. The summed E-state index contributed by atoms with van der Waals surface area (Å²) in [6.07, 6.45) is 5.76. The first-order chi connectivity index (χ1) is 13.1. The molecule has 0 saturated carbocycles. The van der Waals surface area contributed by atoms with Crippen LogP contribution < -0.4 is 0 Å². The van der Waals surface area contributed by atoms with E-state index in [4.69, 9.17) is 9.15 Å². The molecule has 142 valence electrons. The van der Waals surface area contributed by atoms with Gasteiger partial charge in [-0.3, -0.25) is 4.79 Å². The summed E-state index contributed by atoms with van der Waals surface area (Å²) in [6, 6.07) is 13.9. The Balaban J connectivity index is 1.38. The van der Waals surface area contributed by atoms with Crippen molar-refractivity contribution in [1.29, 1.82) is 0 Å². The average molecular weight is 432 g/mol. The van der Waals surface area contributed by atoms with Crippen molar-refractivity contribution < 1.29 is 18.7 Å². The molecule has 6 heteroatoms. The number of carbonyl (C=O) groups is 2. The number of amides is 1. The summed E-state index contributed by atoms with van der Waals surface area (Å²) in [6.45, 7) is 1.20. The zero-order valence-corrected chi connectivity index (χ0v) is 16.6. The van der Waals surface area contributed by atoms with Crippen molar-refractivity contribution in [3.8, 4) is 0 Å². The lowest BCUT2D eigenvalue weighted by atomic mass is 9.90. The van der Waals surface area contributed by atoms with Gasteiger partial charge in [-0.25, -0.2) is 4.79 Å². The maximum atomic E-state index is 12.2. The van der Waals surface area contributed by atoms with Crippen LogP contribution in [0, 0.1) is 5.92 Å². The van der Waals surface area contributed by atoms with E-state index in [2.05, 4.69) is 40.2 Å². The van der Waals surface area contributed by atoms with E-state index in [9.17, 15) is 9.59 Å². The number of esters is 1. The molecule has 5 nitrogen and oxygen atoms in total. The maximum absolute atomic E-state index is 12.2. The van der Waals surface area contributed by atoms with Gasteiger partial charge in [0.15, 0.2) is 11.3 Å². The third-order valence-corrected chi connectivity index (χ3v) is 5.08. The van der Waals surface area contributed by atoms with Crippen LogP contribution in [0.15, 0.2) is 57.6 Å². The highest BCUT2D eigenvalue weighted by atomic mass is 79.9. The summed E-state index contributed by atoms with van der Waals surface area (Å²) < 4.78 is 10.9. The second-order valence-corrected chi connectivity index (χ2v) is 7.38. The van der Waals surface area contributed by atoms with E-state index in [1.165, 1.54) is 17.7 Å². The average Bonchev–Trinajstić information content (AvgIpc) is 3.11. The minimum Gasteiger partial charge on any atom is -0.452 e. The highest BCUT2D eigenvalue weighted by molar-refractivity contribution is 9.10. The standard InChI is InChI=1S/C21H22BrNO4/c22-19-8-6-18(27-19)7-9-21(25)26-15-20(24)23-12-10-17(11-13-23)14-16-4-2-1-3-5-16/h1-9,17H,10-15H2/b9-7+. The topological polar surface area (TPSA) is 59.8 Å². The number of nitrogens with zero attached hydrogens (tertiary/aromatic N) is 1. The molecule has 1 aromatic heterocycles. The fourth-order valence-corrected chi connectivity index (χ4v) is 3.49. The molecule has 1 amide bonds. The third-order valence-electron chi connectivity index (χ3n) is 4.65. The predicted octanol–water partition coefficient (Wildman–Crippen LogP) is 4.08. The Morgan fingerprint density at radius 1 is 1.15 bits per heavy atom. The number of likely N-dealkylation sites (tertiary alicyclic amines) is 1. The number of benzene rings is 1. The molecule has 0 N–H and O–H groups in total. The molecule has 1 aliphatic rings. The minimum atomic E-state index is -0.560. The van der Waals surface area contributed by atoms with Crippen molar-refractivity contribution in [2.75, 3.05) is 19.7 Å². The molecular formula is C21H22BrNO4. The van der Waals surface area contributed by atoms with Gasteiger partial charge < -0.3 is 14.1 Å². The van der Waals surface area contributed by atoms with E-state index in [1.807, 2.05) is 6.07 Å². The van der Waals surface area contributed by atoms with E-state index in [0.29, 0.717) is 29.4 Å². The van der Waals surface area contributed by atoms with Gasteiger partial charge in [0.25, 0.3) is 5.91 Å². The maximum Gasteiger partial charge on any atom is 0.331 e. The highest BCUT2D eigenvalue weighted by Gasteiger charge is 2.23. The van der Waals surface area contributed by atoms with Crippen LogP contribution in [-0.4, -0.2) is 36.5 Å².